The molecule has 14 rings (SSSR count). The van der Waals surface area contributed by atoms with E-state index >= 15 is 0 Å². The first-order chi connectivity index (χ1) is 34.2. The number of rotatable bonds is 7. The van der Waals surface area contributed by atoms with Crippen LogP contribution in [0.4, 0.5) is 0 Å². The molecule has 0 aliphatic carbocycles. The maximum absolute atomic E-state index is 6.37. The number of para-hydroxylation sites is 3. The number of hydrogen-bond donors (Lipinski definition) is 0. The molecule has 5 aromatic heterocycles. The highest BCUT2D eigenvalue weighted by Crippen LogP contribution is 2.42. The number of hydrogen-bond acceptors (Lipinski definition) is 7. The molecular formula is C60H36N8O. The second-order valence-corrected chi connectivity index (χ2v) is 17.1. The largest absolute Gasteiger partial charge is 0.456 e. The maximum atomic E-state index is 6.37. The summed E-state index contributed by atoms with van der Waals surface area (Å²) >= 11 is 0. The Kier molecular flexibility index (Phi) is 8.68. The molecule has 14 aromatic rings. The molecule has 0 aliphatic rings. The average Bonchev–Trinajstić information content (AvgIpc) is 4.09. The zero-order chi connectivity index (χ0) is 45.4. The van der Waals surface area contributed by atoms with Gasteiger partial charge in [0.05, 0.1) is 22.1 Å². The molecule has 0 unspecified atom stereocenters. The van der Waals surface area contributed by atoms with Gasteiger partial charge in [-0.1, -0.05) is 164 Å². The lowest BCUT2D eigenvalue weighted by Crippen LogP contribution is -2.07. The van der Waals surface area contributed by atoms with E-state index in [0.29, 0.717) is 35.1 Å². The van der Waals surface area contributed by atoms with Gasteiger partial charge in [-0.3, -0.25) is 4.57 Å². The molecule has 0 spiro atoms. The number of fused-ring (bicyclic) bond motifs is 10. The third-order valence-corrected chi connectivity index (χ3v) is 13.0. The molecule has 0 fully saturated rings. The van der Waals surface area contributed by atoms with Crippen molar-refractivity contribution < 1.29 is 4.42 Å². The summed E-state index contributed by atoms with van der Waals surface area (Å²) in [6, 6.07) is 74.7. The van der Waals surface area contributed by atoms with E-state index in [2.05, 4.69) is 112 Å². The minimum absolute atomic E-state index is 0.507. The lowest BCUT2D eigenvalue weighted by molar-refractivity contribution is 0.669. The van der Waals surface area contributed by atoms with E-state index < -0.39 is 0 Å². The molecule has 0 aliphatic heterocycles. The van der Waals surface area contributed by atoms with Crippen molar-refractivity contribution in [1.29, 1.82) is 0 Å². The molecule has 0 amide bonds. The highest BCUT2D eigenvalue weighted by Gasteiger charge is 2.24. The van der Waals surface area contributed by atoms with Crippen LogP contribution in [0, 0.1) is 0 Å². The lowest BCUT2D eigenvalue weighted by atomic mass is 10.1. The normalized spacial score (nSPS) is 11.8. The maximum Gasteiger partial charge on any atom is 0.238 e. The quantitative estimate of drug-likeness (QED) is 0.157. The van der Waals surface area contributed by atoms with Crippen molar-refractivity contribution in [3.05, 3.63) is 218 Å². The fraction of sp³-hybridized carbons (Fsp3) is 0. The SMILES string of the molecule is c1ccc(-c2nc(-c3ccccc3)nc(-c3ccc(-n4c5ccccc5c5ccc6c7ccccc7n(-c7nc(-c8ccccc8)nc(-c8ccc9c(c8)oc8ccccc89)n7)c6c54)cc3)n2)cc1. The predicted octanol–water partition coefficient (Wildman–Crippen LogP) is 14.5. The van der Waals surface area contributed by atoms with Crippen LogP contribution in [0.5, 0.6) is 0 Å². The van der Waals surface area contributed by atoms with Crippen LogP contribution in [0.3, 0.4) is 0 Å². The molecule has 0 atom stereocenters. The second-order valence-electron chi connectivity index (χ2n) is 17.1. The second kappa shape index (κ2) is 15.5. The molecule has 0 saturated carbocycles. The van der Waals surface area contributed by atoms with E-state index in [1.165, 1.54) is 0 Å². The van der Waals surface area contributed by atoms with E-state index in [4.69, 9.17) is 34.3 Å². The standard InChI is InChI=1S/C60H36N8O/c1-4-16-37(17-5-1)55-61-56(38-18-6-2-7-19-38)63-57(62-55)40-28-31-42(32-29-40)67-49-25-13-10-22-43(49)47-34-35-48-44-23-11-14-26-50(44)68(54(48)53(47)67)60-65-58(39-20-8-3-9-21-39)64-59(66-60)41-30-33-46-45-24-12-15-27-51(45)69-52(46)36-41/h1-36H. The molecule has 0 radical (unpaired) electrons. The molecule has 5 heterocycles. The van der Waals surface area contributed by atoms with Gasteiger partial charge in [0.1, 0.15) is 11.2 Å². The van der Waals surface area contributed by atoms with Gasteiger partial charge in [-0.2, -0.15) is 9.97 Å². The van der Waals surface area contributed by atoms with Crippen molar-refractivity contribution >= 4 is 65.6 Å². The van der Waals surface area contributed by atoms with Gasteiger partial charge in [0.2, 0.25) is 5.95 Å². The van der Waals surface area contributed by atoms with Crippen LogP contribution in [0.15, 0.2) is 223 Å². The molecule has 9 nitrogen and oxygen atoms in total. The minimum atomic E-state index is 0.507. The topological polar surface area (TPSA) is 100 Å². The van der Waals surface area contributed by atoms with Crippen molar-refractivity contribution in [2.75, 3.05) is 0 Å². The zero-order valence-electron chi connectivity index (χ0n) is 36.8. The van der Waals surface area contributed by atoms with Crippen molar-refractivity contribution in [3.63, 3.8) is 0 Å². The van der Waals surface area contributed by atoms with Crippen LogP contribution in [0.25, 0.3) is 134 Å². The summed E-state index contributed by atoms with van der Waals surface area (Å²) in [5.41, 5.74) is 11.1. The molecule has 0 bridgehead atoms. The van der Waals surface area contributed by atoms with Gasteiger partial charge in [-0.15, -0.1) is 0 Å². The fourth-order valence-electron chi connectivity index (χ4n) is 9.85. The third-order valence-electron chi connectivity index (χ3n) is 13.0. The Morgan fingerprint density at radius 2 is 0.667 bits per heavy atom. The van der Waals surface area contributed by atoms with E-state index in [1.807, 2.05) is 115 Å². The molecule has 0 N–H and O–H groups in total. The first kappa shape index (κ1) is 38.6. The van der Waals surface area contributed by atoms with Gasteiger partial charge in [0.25, 0.3) is 0 Å². The van der Waals surface area contributed by atoms with Gasteiger partial charge in [0, 0.05) is 65.8 Å². The summed E-state index contributed by atoms with van der Waals surface area (Å²) < 4.78 is 10.9. The molecule has 69 heavy (non-hydrogen) atoms. The van der Waals surface area contributed by atoms with Crippen LogP contribution in [-0.4, -0.2) is 39.0 Å². The van der Waals surface area contributed by atoms with Crippen LogP contribution in [-0.2, 0) is 0 Å². The van der Waals surface area contributed by atoms with E-state index in [-0.39, 0.29) is 0 Å². The first-order valence-corrected chi connectivity index (χ1v) is 22.9. The van der Waals surface area contributed by atoms with Crippen molar-refractivity contribution in [2.24, 2.45) is 0 Å². The Balaban J connectivity index is 0.998. The van der Waals surface area contributed by atoms with Crippen LogP contribution >= 0.6 is 0 Å². The van der Waals surface area contributed by atoms with E-state index in [0.717, 1.165) is 99.1 Å². The molecule has 9 heteroatoms. The summed E-state index contributed by atoms with van der Waals surface area (Å²) in [6.07, 6.45) is 0. The Hall–Kier alpha value is -9.60. The van der Waals surface area contributed by atoms with E-state index in [1.54, 1.807) is 0 Å². The Labute approximate surface area is 394 Å². The van der Waals surface area contributed by atoms with Gasteiger partial charge in [0.15, 0.2) is 29.1 Å². The molecule has 9 aromatic carbocycles. The number of aromatic nitrogens is 8. The van der Waals surface area contributed by atoms with Crippen molar-refractivity contribution in [3.8, 4) is 68.6 Å². The van der Waals surface area contributed by atoms with Gasteiger partial charge < -0.3 is 8.98 Å². The summed E-state index contributed by atoms with van der Waals surface area (Å²) in [4.78, 5) is 30.8. The Morgan fingerprint density at radius 3 is 1.23 bits per heavy atom. The Bertz CT molecular complexity index is 4240. The fourth-order valence-corrected chi connectivity index (χ4v) is 9.85. The number of benzene rings is 9. The summed E-state index contributed by atoms with van der Waals surface area (Å²) in [5, 5.41) is 6.52. The third kappa shape index (κ3) is 6.32. The molecule has 322 valence electrons. The predicted molar refractivity (Wildman–Crippen MR) is 276 cm³/mol. The zero-order valence-corrected chi connectivity index (χ0v) is 36.8. The van der Waals surface area contributed by atoms with Gasteiger partial charge in [-0.25, -0.2) is 19.9 Å². The monoisotopic (exact) mass is 884 g/mol. The highest BCUT2D eigenvalue weighted by molar-refractivity contribution is 6.23. The smallest absolute Gasteiger partial charge is 0.238 e. The minimum Gasteiger partial charge on any atom is -0.456 e. The van der Waals surface area contributed by atoms with Gasteiger partial charge >= 0.3 is 0 Å². The van der Waals surface area contributed by atoms with Crippen LogP contribution in [0.1, 0.15) is 0 Å². The van der Waals surface area contributed by atoms with Crippen molar-refractivity contribution in [2.45, 2.75) is 0 Å². The summed E-state index contributed by atoms with van der Waals surface area (Å²) in [7, 11) is 0. The van der Waals surface area contributed by atoms with Crippen LogP contribution < -0.4 is 0 Å². The van der Waals surface area contributed by atoms with Gasteiger partial charge in [-0.05, 0) is 54.6 Å². The molecule has 0 saturated heterocycles. The lowest BCUT2D eigenvalue weighted by Gasteiger charge is -2.14. The average molecular weight is 885 g/mol. The molecular weight excluding hydrogens is 849 g/mol. The summed E-state index contributed by atoms with van der Waals surface area (Å²) in [6.45, 7) is 0. The van der Waals surface area contributed by atoms with Crippen LogP contribution in [0.2, 0.25) is 0 Å². The van der Waals surface area contributed by atoms with E-state index in [9.17, 15) is 0 Å². The number of nitrogens with zero attached hydrogens (tertiary/aromatic N) is 8. The first-order valence-electron chi connectivity index (χ1n) is 22.9. The van der Waals surface area contributed by atoms with Crippen molar-refractivity contribution in [1.82, 2.24) is 39.0 Å². The Morgan fingerprint density at radius 1 is 0.275 bits per heavy atom. The number of furan rings is 1. The highest BCUT2D eigenvalue weighted by atomic mass is 16.3. The summed E-state index contributed by atoms with van der Waals surface area (Å²) in [5.74, 6) is 3.45.